The maximum atomic E-state index is 10.5. The van der Waals surface area contributed by atoms with Crippen molar-refractivity contribution < 1.29 is 24.1 Å². The fraction of sp³-hybridized carbons (Fsp3) is 0.950. The van der Waals surface area contributed by atoms with E-state index in [-0.39, 0.29) is 12.7 Å². The highest BCUT2D eigenvalue weighted by molar-refractivity contribution is 5.68. The van der Waals surface area contributed by atoms with E-state index in [1.165, 1.54) is 70.6 Å². The van der Waals surface area contributed by atoms with Crippen molar-refractivity contribution in [2.45, 2.75) is 90.1 Å². The number of hydrogen-bond acceptors (Lipinski definition) is 4. The van der Waals surface area contributed by atoms with Crippen LogP contribution in [0.3, 0.4) is 0 Å². The number of ether oxygens (including phenoxy) is 3. The molecule has 25 heavy (non-hydrogen) atoms. The molecule has 0 aromatic rings. The Labute approximate surface area is 154 Å². The third-order valence-electron chi connectivity index (χ3n) is 4.24. The van der Waals surface area contributed by atoms with Gasteiger partial charge in [-0.15, -0.1) is 0 Å². The summed E-state index contributed by atoms with van der Waals surface area (Å²) < 4.78 is 15.8. The first kappa shape index (κ1) is 24.4. The Bertz CT molecular complexity index is 283. The van der Waals surface area contributed by atoms with Gasteiger partial charge in [-0.1, -0.05) is 77.6 Å². The predicted molar refractivity (Wildman–Crippen MR) is 101 cm³/mol. The van der Waals surface area contributed by atoms with Gasteiger partial charge in [0.15, 0.2) is 0 Å². The zero-order valence-corrected chi connectivity index (χ0v) is 16.5. The summed E-state index contributed by atoms with van der Waals surface area (Å²) in [5.41, 5.74) is 0. The van der Waals surface area contributed by atoms with Crippen LogP contribution in [0.2, 0.25) is 0 Å². The van der Waals surface area contributed by atoms with Crippen molar-refractivity contribution in [3.63, 3.8) is 0 Å². The fourth-order valence-electron chi connectivity index (χ4n) is 2.78. The van der Waals surface area contributed by atoms with E-state index < -0.39 is 5.97 Å². The number of carbonyl (C=O) groups is 1. The lowest BCUT2D eigenvalue weighted by molar-refractivity contribution is -0.147. The summed E-state index contributed by atoms with van der Waals surface area (Å²) >= 11 is 0. The van der Waals surface area contributed by atoms with Crippen molar-refractivity contribution in [3.8, 4) is 0 Å². The molecule has 0 amide bonds. The van der Waals surface area contributed by atoms with Gasteiger partial charge in [-0.3, -0.25) is 0 Å². The molecule has 0 aliphatic heterocycles. The van der Waals surface area contributed by atoms with E-state index in [0.29, 0.717) is 19.8 Å². The van der Waals surface area contributed by atoms with Gasteiger partial charge in [-0.2, -0.15) is 0 Å². The van der Waals surface area contributed by atoms with E-state index in [4.69, 9.17) is 19.3 Å². The molecule has 0 aromatic carbocycles. The van der Waals surface area contributed by atoms with Crippen molar-refractivity contribution in [3.05, 3.63) is 0 Å². The molecule has 0 bridgehead atoms. The van der Waals surface area contributed by atoms with E-state index in [9.17, 15) is 4.79 Å². The number of rotatable bonds is 20. The summed E-state index contributed by atoms with van der Waals surface area (Å²) in [6.45, 7) is 3.39. The standard InChI is InChI=1S/C20H40O5/c1-3-4-5-6-7-8-9-10-11-12-13-14-15-24-17-19(16-23-2)25-18-20(21)22/h19H,3-18H2,1-2H3,(H,21,22). The highest BCUT2D eigenvalue weighted by atomic mass is 16.6. The summed E-state index contributed by atoms with van der Waals surface area (Å²) in [6.07, 6.45) is 15.6. The van der Waals surface area contributed by atoms with Crippen LogP contribution in [0, 0.1) is 0 Å². The van der Waals surface area contributed by atoms with Gasteiger partial charge < -0.3 is 19.3 Å². The molecule has 0 aromatic heterocycles. The van der Waals surface area contributed by atoms with E-state index >= 15 is 0 Å². The molecule has 0 radical (unpaired) electrons. The minimum Gasteiger partial charge on any atom is -0.480 e. The summed E-state index contributed by atoms with van der Waals surface area (Å²) in [5.74, 6) is -0.970. The number of hydrogen-bond donors (Lipinski definition) is 1. The third-order valence-corrected chi connectivity index (χ3v) is 4.24. The number of aliphatic carboxylic acids is 1. The van der Waals surface area contributed by atoms with E-state index in [1.54, 1.807) is 7.11 Å². The van der Waals surface area contributed by atoms with Crippen molar-refractivity contribution >= 4 is 5.97 Å². The van der Waals surface area contributed by atoms with Crippen LogP contribution < -0.4 is 0 Å². The molecule has 0 saturated heterocycles. The predicted octanol–water partition coefficient (Wildman–Crippen LogP) is 4.82. The Hall–Kier alpha value is -0.650. The molecule has 150 valence electrons. The summed E-state index contributed by atoms with van der Waals surface area (Å²) in [7, 11) is 1.57. The van der Waals surface area contributed by atoms with Crippen LogP contribution in [0.1, 0.15) is 84.0 Å². The molecule has 5 heteroatoms. The lowest BCUT2D eigenvalue weighted by atomic mass is 10.1. The molecule has 1 N–H and O–H groups in total. The van der Waals surface area contributed by atoms with Gasteiger partial charge in [0.25, 0.3) is 0 Å². The summed E-state index contributed by atoms with van der Waals surface area (Å²) in [6, 6.07) is 0. The molecular weight excluding hydrogens is 320 g/mol. The van der Waals surface area contributed by atoms with Crippen LogP contribution in [0.4, 0.5) is 0 Å². The van der Waals surface area contributed by atoms with Crippen LogP contribution in [-0.4, -0.2) is 50.7 Å². The van der Waals surface area contributed by atoms with Gasteiger partial charge in [0.1, 0.15) is 12.7 Å². The van der Waals surface area contributed by atoms with Gasteiger partial charge in [0, 0.05) is 13.7 Å². The second-order valence-electron chi connectivity index (χ2n) is 6.75. The van der Waals surface area contributed by atoms with Crippen LogP contribution >= 0.6 is 0 Å². The molecule has 0 fully saturated rings. The first-order valence-corrected chi connectivity index (χ1v) is 10.1. The molecule has 0 rings (SSSR count). The molecule has 0 spiro atoms. The molecular formula is C20H40O5. The second-order valence-corrected chi connectivity index (χ2v) is 6.75. The Balaban J connectivity index is 3.29. The number of methoxy groups -OCH3 is 1. The topological polar surface area (TPSA) is 65.0 Å². The monoisotopic (exact) mass is 360 g/mol. The van der Waals surface area contributed by atoms with Gasteiger partial charge >= 0.3 is 5.97 Å². The first-order chi connectivity index (χ1) is 12.2. The average molecular weight is 361 g/mol. The summed E-state index contributed by atoms with van der Waals surface area (Å²) in [4.78, 5) is 10.5. The van der Waals surface area contributed by atoms with Gasteiger partial charge in [-0.05, 0) is 6.42 Å². The van der Waals surface area contributed by atoms with Crippen LogP contribution in [-0.2, 0) is 19.0 Å². The lowest BCUT2D eigenvalue weighted by Gasteiger charge is -2.16. The zero-order valence-electron chi connectivity index (χ0n) is 16.5. The van der Waals surface area contributed by atoms with Crippen molar-refractivity contribution in [1.29, 1.82) is 0 Å². The molecule has 0 aliphatic rings. The summed E-state index contributed by atoms with van der Waals surface area (Å²) in [5, 5.41) is 8.62. The third kappa shape index (κ3) is 19.5. The van der Waals surface area contributed by atoms with E-state index in [1.807, 2.05) is 0 Å². The fourth-order valence-corrected chi connectivity index (χ4v) is 2.78. The number of unbranched alkanes of at least 4 members (excludes halogenated alkanes) is 11. The maximum absolute atomic E-state index is 10.5. The van der Waals surface area contributed by atoms with Gasteiger partial charge in [0.2, 0.25) is 0 Å². The normalized spacial score (nSPS) is 12.4. The highest BCUT2D eigenvalue weighted by Crippen LogP contribution is 2.12. The lowest BCUT2D eigenvalue weighted by Crippen LogP contribution is -2.27. The van der Waals surface area contributed by atoms with Crippen molar-refractivity contribution in [2.75, 3.05) is 33.5 Å². The molecule has 0 aliphatic carbocycles. The Morgan fingerprint density at radius 2 is 1.36 bits per heavy atom. The number of carboxylic acid groups (broad SMARTS) is 1. The van der Waals surface area contributed by atoms with Gasteiger partial charge in [-0.25, -0.2) is 4.79 Å². The molecule has 0 saturated carbocycles. The minimum absolute atomic E-state index is 0.307. The Morgan fingerprint density at radius 3 is 1.84 bits per heavy atom. The highest BCUT2D eigenvalue weighted by Gasteiger charge is 2.11. The molecule has 0 heterocycles. The van der Waals surface area contributed by atoms with E-state index in [0.717, 1.165) is 6.42 Å². The molecule has 1 unspecified atom stereocenters. The smallest absolute Gasteiger partial charge is 0.329 e. The molecule has 5 nitrogen and oxygen atoms in total. The largest absolute Gasteiger partial charge is 0.480 e. The van der Waals surface area contributed by atoms with Gasteiger partial charge in [0.05, 0.1) is 13.2 Å². The zero-order chi connectivity index (χ0) is 18.6. The Kier molecular flexibility index (Phi) is 19.2. The second kappa shape index (κ2) is 19.7. The first-order valence-electron chi connectivity index (χ1n) is 10.1. The van der Waals surface area contributed by atoms with Crippen LogP contribution in [0.15, 0.2) is 0 Å². The maximum Gasteiger partial charge on any atom is 0.329 e. The minimum atomic E-state index is -0.970. The van der Waals surface area contributed by atoms with E-state index in [2.05, 4.69) is 6.92 Å². The average Bonchev–Trinajstić information content (AvgIpc) is 2.59. The SMILES string of the molecule is CCCCCCCCCCCCCCOCC(COC)OCC(=O)O. The number of carboxylic acids is 1. The van der Waals surface area contributed by atoms with Crippen molar-refractivity contribution in [1.82, 2.24) is 0 Å². The van der Waals surface area contributed by atoms with Crippen LogP contribution in [0.25, 0.3) is 0 Å². The van der Waals surface area contributed by atoms with Crippen LogP contribution in [0.5, 0.6) is 0 Å². The Morgan fingerprint density at radius 1 is 0.840 bits per heavy atom. The van der Waals surface area contributed by atoms with Crippen molar-refractivity contribution in [2.24, 2.45) is 0 Å². The quantitative estimate of drug-likeness (QED) is 0.315. The molecule has 1 atom stereocenters.